The maximum absolute atomic E-state index is 12.2. The Bertz CT molecular complexity index is 591. The minimum Gasteiger partial charge on any atom is -0.397 e. The van der Waals surface area contributed by atoms with Gasteiger partial charge in [0, 0.05) is 23.7 Å². The van der Waals surface area contributed by atoms with E-state index in [1.54, 1.807) is 23.6 Å². The molecule has 19 heavy (non-hydrogen) atoms. The first-order valence-corrected chi connectivity index (χ1v) is 7.14. The summed E-state index contributed by atoms with van der Waals surface area (Å²) in [5.74, 6) is 0.133. The van der Waals surface area contributed by atoms with Crippen LogP contribution in [0.3, 0.4) is 0 Å². The number of hydrogen-bond donors (Lipinski definition) is 1. The summed E-state index contributed by atoms with van der Waals surface area (Å²) in [5, 5.41) is 2.10. The van der Waals surface area contributed by atoms with Gasteiger partial charge in [-0.15, -0.1) is 11.3 Å². The van der Waals surface area contributed by atoms with Crippen molar-refractivity contribution in [2.75, 3.05) is 12.3 Å². The van der Waals surface area contributed by atoms with E-state index in [1.807, 2.05) is 11.0 Å². The van der Waals surface area contributed by atoms with Gasteiger partial charge in [-0.25, -0.2) is 0 Å². The lowest BCUT2D eigenvalue weighted by atomic mass is 10.1. The first kappa shape index (κ1) is 12.2. The summed E-state index contributed by atoms with van der Waals surface area (Å²) >= 11 is 1.78. The highest BCUT2D eigenvalue weighted by Gasteiger charge is 2.21. The summed E-state index contributed by atoms with van der Waals surface area (Å²) in [7, 11) is 0. The fourth-order valence-corrected chi connectivity index (χ4v) is 3.16. The Morgan fingerprint density at radius 1 is 1.42 bits per heavy atom. The van der Waals surface area contributed by atoms with Gasteiger partial charge in [0.05, 0.1) is 18.3 Å². The molecule has 0 spiro atoms. The molecule has 5 heteroatoms. The van der Waals surface area contributed by atoms with Gasteiger partial charge in [0.25, 0.3) is 0 Å². The summed E-state index contributed by atoms with van der Waals surface area (Å²) in [5.41, 5.74) is 8.27. The Morgan fingerprint density at radius 2 is 2.32 bits per heavy atom. The molecule has 0 atom stereocenters. The zero-order valence-corrected chi connectivity index (χ0v) is 11.3. The molecule has 1 amide bonds. The van der Waals surface area contributed by atoms with Crippen LogP contribution in [0.5, 0.6) is 0 Å². The number of nitrogens with zero attached hydrogens (tertiary/aromatic N) is 2. The number of nitrogen functional groups attached to an aromatic ring is 1. The van der Waals surface area contributed by atoms with Gasteiger partial charge in [-0.2, -0.15) is 0 Å². The molecule has 3 rings (SSSR count). The molecule has 3 heterocycles. The molecule has 0 fully saturated rings. The second-order valence-corrected chi connectivity index (χ2v) is 5.69. The van der Waals surface area contributed by atoms with Crippen molar-refractivity contribution in [3.05, 3.63) is 45.9 Å². The SMILES string of the molecule is Nc1ccc(CC(=O)N2CCc3sccc3C2)nc1. The Kier molecular flexibility index (Phi) is 3.21. The highest BCUT2D eigenvalue weighted by molar-refractivity contribution is 7.10. The smallest absolute Gasteiger partial charge is 0.228 e. The zero-order chi connectivity index (χ0) is 13.2. The molecule has 2 N–H and O–H groups in total. The van der Waals surface area contributed by atoms with Crippen molar-refractivity contribution in [2.24, 2.45) is 0 Å². The molecule has 1 aliphatic heterocycles. The van der Waals surface area contributed by atoms with Gasteiger partial charge < -0.3 is 10.6 Å². The van der Waals surface area contributed by atoms with E-state index in [1.165, 1.54) is 10.4 Å². The number of thiophene rings is 1. The van der Waals surface area contributed by atoms with E-state index in [0.29, 0.717) is 12.1 Å². The van der Waals surface area contributed by atoms with E-state index in [4.69, 9.17) is 5.73 Å². The number of hydrogen-bond acceptors (Lipinski definition) is 4. The second-order valence-electron chi connectivity index (χ2n) is 4.69. The summed E-state index contributed by atoms with van der Waals surface area (Å²) in [6.07, 6.45) is 2.91. The van der Waals surface area contributed by atoms with Crippen LogP contribution in [0.4, 0.5) is 5.69 Å². The molecule has 4 nitrogen and oxygen atoms in total. The lowest BCUT2D eigenvalue weighted by Crippen LogP contribution is -2.36. The van der Waals surface area contributed by atoms with E-state index >= 15 is 0 Å². The molecular weight excluding hydrogens is 258 g/mol. The first-order chi connectivity index (χ1) is 9.22. The number of carbonyl (C=O) groups is 1. The van der Waals surface area contributed by atoms with Crippen molar-refractivity contribution in [3.8, 4) is 0 Å². The maximum atomic E-state index is 12.2. The number of aromatic nitrogens is 1. The lowest BCUT2D eigenvalue weighted by molar-refractivity contribution is -0.131. The quantitative estimate of drug-likeness (QED) is 0.908. The van der Waals surface area contributed by atoms with Crippen LogP contribution < -0.4 is 5.73 Å². The van der Waals surface area contributed by atoms with Crippen molar-refractivity contribution in [1.29, 1.82) is 0 Å². The average Bonchev–Trinajstić information content (AvgIpc) is 2.88. The van der Waals surface area contributed by atoms with Gasteiger partial charge in [-0.3, -0.25) is 9.78 Å². The molecule has 0 saturated carbocycles. The second kappa shape index (κ2) is 5.01. The van der Waals surface area contributed by atoms with E-state index in [2.05, 4.69) is 16.4 Å². The summed E-state index contributed by atoms with van der Waals surface area (Å²) in [4.78, 5) is 19.7. The third-order valence-electron chi connectivity index (χ3n) is 3.34. The molecule has 0 saturated heterocycles. The van der Waals surface area contributed by atoms with Gasteiger partial charge in [0.1, 0.15) is 0 Å². The van der Waals surface area contributed by atoms with Crippen LogP contribution in [0.1, 0.15) is 16.1 Å². The lowest BCUT2D eigenvalue weighted by Gasteiger charge is -2.27. The molecule has 1 aliphatic rings. The predicted octanol–water partition coefficient (Wildman–Crippen LogP) is 1.85. The molecular formula is C14H15N3OS. The van der Waals surface area contributed by atoms with Gasteiger partial charge in [-0.05, 0) is 35.6 Å². The van der Waals surface area contributed by atoms with Crippen LogP contribution in [0.25, 0.3) is 0 Å². The van der Waals surface area contributed by atoms with Crippen LogP contribution in [-0.4, -0.2) is 22.3 Å². The van der Waals surface area contributed by atoms with Crippen LogP contribution in [0.15, 0.2) is 29.8 Å². The largest absolute Gasteiger partial charge is 0.397 e. The normalized spacial score (nSPS) is 14.2. The maximum Gasteiger partial charge on any atom is 0.228 e. The Morgan fingerprint density at radius 3 is 3.11 bits per heavy atom. The highest BCUT2D eigenvalue weighted by atomic mass is 32.1. The van der Waals surface area contributed by atoms with Crippen LogP contribution >= 0.6 is 11.3 Å². The molecule has 0 bridgehead atoms. The summed E-state index contributed by atoms with van der Waals surface area (Å²) in [6, 6.07) is 5.71. The van der Waals surface area contributed by atoms with Crippen molar-refractivity contribution in [1.82, 2.24) is 9.88 Å². The standard InChI is InChI=1S/C14H15N3OS/c15-11-1-2-12(16-8-11)7-14(18)17-5-3-13-10(9-17)4-6-19-13/h1-2,4,6,8H,3,5,7,9,15H2. The number of anilines is 1. The molecule has 0 unspecified atom stereocenters. The van der Waals surface area contributed by atoms with Crippen LogP contribution in [0.2, 0.25) is 0 Å². The van der Waals surface area contributed by atoms with Crippen molar-refractivity contribution >= 4 is 22.9 Å². The number of rotatable bonds is 2. The number of amides is 1. The molecule has 0 aliphatic carbocycles. The minimum absolute atomic E-state index is 0.133. The third-order valence-corrected chi connectivity index (χ3v) is 4.36. The van der Waals surface area contributed by atoms with E-state index in [-0.39, 0.29) is 5.91 Å². The van der Waals surface area contributed by atoms with Gasteiger partial charge in [-0.1, -0.05) is 0 Å². The van der Waals surface area contributed by atoms with Gasteiger partial charge in [0.15, 0.2) is 0 Å². The van der Waals surface area contributed by atoms with Gasteiger partial charge >= 0.3 is 0 Å². The molecule has 98 valence electrons. The fraction of sp³-hybridized carbons (Fsp3) is 0.286. The topological polar surface area (TPSA) is 59.2 Å². The van der Waals surface area contributed by atoms with E-state index < -0.39 is 0 Å². The molecule has 2 aromatic rings. The average molecular weight is 273 g/mol. The summed E-state index contributed by atoms with van der Waals surface area (Å²) < 4.78 is 0. The Hall–Kier alpha value is -1.88. The highest BCUT2D eigenvalue weighted by Crippen LogP contribution is 2.24. The van der Waals surface area contributed by atoms with Crippen LogP contribution in [0, 0.1) is 0 Å². The zero-order valence-electron chi connectivity index (χ0n) is 10.5. The number of fused-ring (bicyclic) bond motifs is 1. The molecule has 2 aromatic heterocycles. The van der Waals surface area contributed by atoms with Crippen LogP contribution in [-0.2, 0) is 24.2 Å². The fourth-order valence-electron chi connectivity index (χ4n) is 2.27. The monoisotopic (exact) mass is 273 g/mol. The number of nitrogens with two attached hydrogens (primary N) is 1. The Labute approximate surface area is 115 Å². The molecule has 0 radical (unpaired) electrons. The first-order valence-electron chi connectivity index (χ1n) is 6.26. The predicted molar refractivity (Wildman–Crippen MR) is 75.8 cm³/mol. The number of carbonyl (C=O) groups excluding carboxylic acids is 1. The summed E-state index contributed by atoms with van der Waals surface area (Å²) in [6.45, 7) is 1.54. The van der Waals surface area contributed by atoms with E-state index in [9.17, 15) is 4.79 Å². The number of pyridine rings is 1. The van der Waals surface area contributed by atoms with E-state index in [0.717, 1.165) is 25.2 Å². The Balaban J connectivity index is 1.67. The molecule has 0 aromatic carbocycles. The van der Waals surface area contributed by atoms with Crippen molar-refractivity contribution in [3.63, 3.8) is 0 Å². The van der Waals surface area contributed by atoms with Crippen molar-refractivity contribution in [2.45, 2.75) is 19.4 Å². The van der Waals surface area contributed by atoms with Crippen molar-refractivity contribution < 1.29 is 4.79 Å². The third kappa shape index (κ3) is 2.61. The minimum atomic E-state index is 0.133. The van der Waals surface area contributed by atoms with Gasteiger partial charge in [0.2, 0.25) is 5.91 Å².